The van der Waals surface area contributed by atoms with Crippen LogP contribution in [-0.4, -0.2) is 16.0 Å². The molecule has 0 bridgehead atoms. The number of aryl methyl sites for hydroxylation is 1. The van der Waals surface area contributed by atoms with Gasteiger partial charge in [0.15, 0.2) is 23.0 Å². The Balaban J connectivity index is 1.56. The van der Waals surface area contributed by atoms with Crippen LogP contribution in [0.15, 0.2) is 47.0 Å². The van der Waals surface area contributed by atoms with E-state index >= 15 is 0 Å². The van der Waals surface area contributed by atoms with E-state index in [0.29, 0.717) is 6.07 Å². The number of nitrogens with zero attached hydrogens (tertiary/aromatic N) is 2. The molecule has 0 spiro atoms. The van der Waals surface area contributed by atoms with E-state index in [9.17, 15) is 13.6 Å². The molecule has 3 aromatic rings. The van der Waals surface area contributed by atoms with E-state index in [-0.39, 0.29) is 30.4 Å². The number of carbonyl (C=O) groups is 1. The van der Waals surface area contributed by atoms with E-state index in [0.717, 1.165) is 17.5 Å². The molecule has 0 saturated carbocycles. The number of halogens is 2. The van der Waals surface area contributed by atoms with Crippen molar-refractivity contribution < 1.29 is 22.8 Å². The Kier molecular flexibility index (Phi) is 5.21. The van der Waals surface area contributed by atoms with Crippen molar-refractivity contribution in [2.75, 3.05) is 0 Å². The predicted molar refractivity (Wildman–Crippen MR) is 87.3 cm³/mol. The molecule has 6 nitrogen and oxygen atoms in total. The molecular weight excluding hydrogens is 344 g/mol. The number of hydrogen-bond acceptors (Lipinski definition) is 5. The van der Waals surface area contributed by atoms with Crippen molar-refractivity contribution in [1.29, 1.82) is 0 Å². The number of hydrogen-bond donors (Lipinski definition) is 1. The number of ether oxygens (including phenoxy) is 1. The van der Waals surface area contributed by atoms with Gasteiger partial charge in [-0.1, -0.05) is 11.2 Å². The van der Waals surface area contributed by atoms with Gasteiger partial charge in [-0.05, 0) is 31.2 Å². The van der Waals surface area contributed by atoms with Gasteiger partial charge in [0.2, 0.25) is 0 Å². The fourth-order valence-corrected chi connectivity index (χ4v) is 2.19. The molecule has 0 saturated heterocycles. The minimum absolute atomic E-state index is 0.0656. The number of carbonyl (C=O) groups excluding carboxylic acids is 1. The third kappa shape index (κ3) is 4.41. The van der Waals surface area contributed by atoms with E-state index in [1.165, 1.54) is 12.1 Å². The molecule has 1 amide bonds. The van der Waals surface area contributed by atoms with Crippen LogP contribution in [0.5, 0.6) is 5.75 Å². The van der Waals surface area contributed by atoms with Crippen LogP contribution in [0.25, 0.3) is 0 Å². The lowest BCUT2D eigenvalue weighted by molar-refractivity contribution is 0.0941. The Hall–Kier alpha value is -3.29. The lowest BCUT2D eigenvalue weighted by Gasteiger charge is -2.04. The van der Waals surface area contributed by atoms with Gasteiger partial charge >= 0.3 is 0 Å². The Labute approximate surface area is 147 Å². The van der Waals surface area contributed by atoms with E-state index in [1.807, 2.05) is 19.1 Å². The largest absolute Gasteiger partial charge is 0.482 e. The number of benzene rings is 1. The number of amides is 1. The second-order valence-corrected chi connectivity index (χ2v) is 5.49. The number of aromatic nitrogens is 2. The summed E-state index contributed by atoms with van der Waals surface area (Å²) in [7, 11) is 0. The Bertz CT molecular complexity index is 928. The minimum Gasteiger partial charge on any atom is -0.482 e. The quantitative estimate of drug-likeness (QED) is 0.731. The van der Waals surface area contributed by atoms with Crippen LogP contribution in [0.4, 0.5) is 8.78 Å². The van der Waals surface area contributed by atoms with Crippen molar-refractivity contribution in [1.82, 2.24) is 15.5 Å². The lowest BCUT2D eigenvalue weighted by Crippen LogP contribution is -2.23. The SMILES string of the molecule is Cc1cccc(CNC(=O)c2cc(COc3ccc(F)cc3F)on2)n1. The van der Waals surface area contributed by atoms with Crippen LogP contribution in [-0.2, 0) is 13.2 Å². The maximum atomic E-state index is 13.5. The van der Waals surface area contributed by atoms with E-state index < -0.39 is 17.5 Å². The molecule has 0 aliphatic heterocycles. The molecule has 1 aromatic carbocycles. The fraction of sp³-hybridized carbons (Fsp3) is 0.167. The molecule has 2 aromatic heterocycles. The fourth-order valence-electron chi connectivity index (χ4n) is 2.19. The highest BCUT2D eigenvalue weighted by Gasteiger charge is 2.14. The van der Waals surface area contributed by atoms with Crippen molar-refractivity contribution in [3.05, 3.63) is 76.9 Å². The van der Waals surface area contributed by atoms with Gasteiger partial charge in [-0.2, -0.15) is 0 Å². The van der Waals surface area contributed by atoms with Crippen LogP contribution in [0.1, 0.15) is 27.6 Å². The number of rotatable bonds is 6. The zero-order valence-electron chi connectivity index (χ0n) is 13.8. The molecule has 134 valence electrons. The lowest BCUT2D eigenvalue weighted by atomic mass is 10.3. The molecule has 0 fully saturated rings. The number of nitrogens with one attached hydrogen (secondary N) is 1. The highest BCUT2D eigenvalue weighted by atomic mass is 19.1. The molecule has 0 radical (unpaired) electrons. The van der Waals surface area contributed by atoms with Crippen LogP contribution in [0, 0.1) is 18.6 Å². The predicted octanol–water partition coefficient (Wildman–Crippen LogP) is 3.17. The maximum Gasteiger partial charge on any atom is 0.273 e. The molecule has 1 N–H and O–H groups in total. The molecule has 0 aliphatic carbocycles. The summed E-state index contributed by atoms with van der Waals surface area (Å²) in [5, 5.41) is 6.33. The van der Waals surface area contributed by atoms with E-state index in [1.54, 1.807) is 6.07 Å². The summed E-state index contributed by atoms with van der Waals surface area (Å²) in [5.74, 6) is -1.85. The van der Waals surface area contributed by atoms with Crippen molar-refractivity contribution >= 4 is 5.91 Å². The molecule has 26 heavy (non-hydrogen) atoms. The van der Waals surface area contributed by atoms with Crippen LogP contribution in [0.3, 0.4) is 0 Å². The van der Waals surface area contributed by atoms with Gasteiger partial charge in [0, 0.05) is 17.8 Å². The second-order valence-electron chi connectivity index (χ2n) is 5.49. The smallest absolute Gasteiger partial charge is 0.273 e. The number of pyridine rings is 1. The first-order valence-electron chi connectivity index (χ1n) is 7.75. The maximum absolute atomic E-state index is 13.5. The zero-order valence-corrected chi connectivity index (χ0v) is 13.8. The minimum atomic E-state index is -0.826. The van der Waals surface area contributed by atoms with E-state index in [2.05, 4.69) is 15.5 Å². The topological polar surface area (TPSA) is 77.2 Å². The second kappa shape index (κ2) is 7.73. The summed E-state index contributed by atoms with van der Waals surface area (Å²) in [6.45, 7) is 1.96. The van der Waals surface area contributed by atoms with Gasteiger partial charge in [0.1, 0.15) is 12.4 Å². The Morgan fingerprint density at radius 2 is 2.08 bits per heavy atom. The van der Waals surface area contributed by atoms with Gasteiger partial charge in [0.05, 0.1) is 12.2 Å². The van der Waals surface area contributed by atoms with Gasteiger partial charge in [-0.15, -0.1) is 0 Å². The van der Waals surface area contributed by atoms with Crippen molar-refractivity contribution in [2.24, 2.45) is 0 Å². The van der Waals surface area contributed by atoms with Crippen molar-refractivity contribution in [3.63, 3.8) is 0 Å². The summed E-state index contributed by atoms with van der Waals surface area (Å²) < 4.78 is 36.5. The van der Waals surface area contributed by atoms with Crippen molar-refractivity contribution in [3.8, 4) is 5.75 Å². The van der Waals surface area contributed by atoms with E-state index in [4.69, 9.17) is 9.26 Å². The van der Waals surface area contributed by atoms with Crippen molar-refractivity contribution in [2.45, 2.75) is 20.1 Å². The van der Waals surface area contributed by atoms with Gasteiger partial charge in [-0.3, -0.25) is 9.78 Å². The third-order valence-electron chi connectivity index (χ3n) is 3.43. The average Bonchev–Trinajstić information content (AvgIpc) is 3.08. The molecule has 3 rings (SSSR count). The first-order valence-corrected chi connectivity index (χ1v) is 7.75. The Morgan fingerprint density at radius 3 is 2.85 bits per heavy atom. The summed E-state index contributed by atoms with van der Waals surface area (Å²) >= 11 is 0. The van der Waals surface area contributed by atoms with Crippen LogP contribution in [0.2, 0.25) is 0 Å². The first kappa shape index (κ1) is 17.5. The molecule has 2 heterocycles. The normalized spacial score (nSPS) is 10.6. The molecule has 0 unspecified atom stereocenters. The molecular formula is C18H15F2N3O3. The molecule has 8 heteroatoms. The standard InChI is InChI=1S/C18H15F2N3O3/c1-11-3-2-4-13(22-11)9-21-18(24)16-8-14(26-23-16)10-25-17-6-5-12(19)7-15(17)20/h2-8H,9-10H2,1H3,(H,21,24). The highest BCUT2D eigenvalue weighted by molar-refractivity contribution is 5.92. The molecule has 0 atom stereocenters. The summed E-state index contributed by atoms with van der Waals surface area (Å²) in [6.07, 6.45) is 0. The molecule has 0 aliphatic rings. The summed E-state index contributed by atoms with van der Waals surface area (Å²) in [5.41, 5.74) is 1.64. The Morgan fingerprint density at radius 1 is 1.23 bits per heavy atom. The van der Waals surface area contributed by atoms with Crippen LogP contribution < -0.4 is 10.1 Å². The monoisotopic (exact) mass is 359 g/mol. The van der Waals surface area contributed by atoms with Gasteiger partial charge in [0.25, 0.3) is 5.91 Å². The summed E-state index contributed by atoms with van der Waals surface area (Å²) in [6, 6.07) is 9.87. The summed E-state index contributed by atoms with van der Waals surface area (Å²) in [4.78, 5) is 16.4. The van der Waals surface area contributed by atoms with Crippen LogP contribution >= 0.6 is 0 Å². The zero-order chi connectivity index (χ0) is 18.5. The highest BCUT2D eigenvalue weighted by Crippen LogP contribution is 2.19. The first-order chi connectivity index (χ1) is 12.5. The third-order valence-corrected chi connectivity index (χ3v) is 3.43. The average molecular weight is 359 g/mol. The van der Waals surface area contributed by atoms with Gasteiger partial charge in [-0.25, -0.2) is 8.78 Å². The van der Waals surface area contributed by atoms with Gasteiger partial charge < -0.3 is 14.6 Å².